The fourth-order valence-electron chi connectivity index (χ4n) is 4.35. The number of ether oxygens (including phenoxy) is 2. The molecule has 0 unspecified atom stereocenters. The minimum atomic E-state index is -0.411. The molecule has 0 saturated heterocycles. The molecule has 1 aliphatic rings. The van der Waals surface area contributed by atoms with Crippen LogP contribution in [0.2, 0.25) is 0 Å². The minimum Gasteiger partial charge on any atom is -0.492 e. The lowest BCUT2D eigenvalue weighted by Gasteiger charge is -2.18. The minimum absolute atomic E-state index is 0.109. The van der Waals surface area contributed by atoms with E-state index >= 15 is 0 Å². The number of fused-ring (bicyclic) bond motifs is 1. The fraction of sp³-hybridized carbons (Fsp3) is 0.500. The molecule has 3 rings (SSSR count). The first-order valence-corrected chi connectivity index (χ1v) is 13.8. The highest BCUT2D eigenvalue weighted by Gasteiger charge is 2.28. The van der Waals surface area contributed by atoms with Gasteiger partial charge < -0.3 is 18.8 Å². The summed E-state index contributed by atoms with van der Waals surface area (Å²) in [6.45, 7) is 12.3. The van der Waals surface area contributed by atoms with Crippen LogP contribution in [0.15, 0.2) is 28.7 Å². The lowest BCUT2D eigenvalue weighted by Crippen LogP contribution is -2.24. The number of rotatable bonds is 12. The number of benzene rings is 1. The van der Waals surface area contributed by atoms with Crippen LogP contribution in [-0.2, 0) is 28.8 Å². The van der Waals surface area contributed by atoms with Crippen molar-refractivity contribution in [3.8, 4) is 17.6 Å². The van der Waals surface area contributed by atoms with E-state index < -0.39 is 5.97 Å². The van der Waals surface area contributed by atoms with E-state index in [0.29, 0.717) is 54.1 Å². The first kappa shape index (κ1) is 29.3. The van der Waals surface area contributed by atoms with Gasteiger partial charge in [-0.15, -0.1) is 0 Å². The van der Waals surface area contributed by atoms with Gasteiger partial charge in [-0.1, -0.05) is 44.8 Å². The van der Waals surface area contributed by atoms with E-state index in [1.807, 2.05) is 39.0 Å². The molecule has 0 amide bonds. The van der Waals surface area contributed by atoms with Crippen molar-refractivity contribution in [1.29, 1.82) is 0 Å². The van der Waals surface area contributed by atoms with E-state index in [4.69, 9.17) is 13.9 Å². The molecule has 204 valence electrons. The van der Waals surface area contributed by atoms with Gasteiger partial charge in [-0.3, -0.25) is 9.59 Å². The van der Waals surface area contributed by atoms with Crippen molar-refractivity contribution in [2.45, 2.75) is 79.2 Å². The topological polar surface area (TPSA) is 69.0 Å². The molecule has 38 heavy (non-hydrogen) atoms. The largest absolute Gasteiger partial charge is 0.492 e. The molecule has 1 aromatic heterocycles. The molecular formula is C32H41NO5. The molecule has 0 spiro atoms. The highest BCUT2D eigenvalue weighted by molar-refractivity contribution is 6.12. The lowest BCUT2D eigenvalue weighted by molar-refractivity contribution is -0.147. The number of ketones is 1. The first-order valence-electron chi connectivity index (χ1n) is 13.8. The molecule has 0 bridgehead atoms. The van der Waals surface area contributed by atoms with Gasteiger partial charge >= 0.3 is 5.97 Å². The summed E-state index contributed by atoms with van der Waals surface area (Å²) in [4.78, 5) is 29.0. The summed E-state index contributed by atoms with van der Waals surface area (Å²) < 4.78 is 17.8. The number of esters is 1. The molecular weight excluding hydrogens is 478 g/mol. The van der Waals surface area contributed by atoms with Gasteiger partial charge in [0.05, 0.1) is 17.2 Å². The Morgan fingerprint density at radius 1 is 1.18 bits per heavy atom. The van der Waals surface area contributed by atoms with Crippen LogP contribution in [-0.4, -0.2) is 49.5 Å². The summed E-state index contributed by atoms with van der Waals surface area (Å²) in [6.07, 6.45) is 7.20. The summed E-state index contributed by atoms with van der Waals surface area (Å²) in [6, 6.07) is 3.77. The van der Waals surface area contributed by atoms with Gasteiger partial charge in [0.15, 0.2) is 5.78 Å². The maximum absolute atomic E-state index is 14.1. The Hall–Kier alpha value is -3.30. The normalized spacial score (nSPS) is 14.4. The van der Waals surface area contributed by atoms with E-state index in [9.17, 15) is 9.59 Å². The summed E-state index contributed by atoms with van der Waals surface area (Å²) in [7, 11) is 2.06. The van der Waals surface area contributed by atoms with Crippen LogP contribution in [0.5, 0.6) is 5.75 Å². The Labute approximate surface area is 227 Å². The maximum atomic E-state index is 14.1. The number of aryl methyl sites for hydroxylation is 3. The van der Waals surface area contributed by atoms with Crippen LogP contribution in [0.4, 0.5) is 0 Å². The Morgan fingerprint density at radius 3 is 2.68 bits per heavy atom. The Kier molecular flexibility index (Phi) is 10.8. The Morgan fingerprint density at radius 2 is 1.97 bits per heavy atom. The van der Waals surface area contributed by atoms with Crippen LogP contribution in [0, 0.1) is 18.8 Å². The molecule has 0 aliphatic heterocycles. The third-order valence-electron chi connectivity index (χ3n) is 6.89. The Bertz CT molecular complexity index is 1230. The van der Waals surface area contributed by atoms with Crippen molar-refractivity contribution in [3.63, 3.8) is 0 Å². The molecule has 1 atom stereocenters. The van der Waals surface area contributed by atoms with Crippen LogP contribution >= 0.6 is 0 Å². The first-order chi connectivity index (χ1) is 18.3. The summed E-state index contributed by atoms with van der Waals surface area (Å²) in [5, 5.41) is 0. The van der Waals surface area contributed by atoms with Crippen LogP contribution in [0.1, 0.15) is 91.1 Å². The molecule has 6 nitrogen and oxygen atoms in total. The number of carbonyl (C=O) groups excluding carboxylic acids is 2. The van der Waals surface area contributed by atoms with E-state index in [1.165, 1.54) is 0 Å². The number of hydrogen-bond acceptors (Lipinski definition) is 6. The number of hydrogen-bond donors (Lipinski definition) is 0. The Balaban J connectivity index is 2.01. The molecule has 0 N–H and O–H groups in total. The van der Waals surface area contributed by atoms with Crippen molar-refractivity contribution in [2.75, 3.05) is 26.7 Å². The highest BCUT2D eigenvalue weighted by Crippen LogP contribution is 2.31. The summed E-state index contributed by atoms with van der Waals surface area (Å²) >= 11 is 0. The quantitative estimate of drug-likeness (QED) is 0.152. The standard InChI is InChI=1S/C32H41NO5/c1-7-23(5)37-29(34)21-28-30(26-15-13-11-10-12-14-16-27(26)38-28)31(35)25-19-22(4)32(24(8-2)20-25)36-18-17-33(6)9-3/h10,12,19-20,23H,7-9,11,14,16-18,21H2,1-6H3/b12-10-/t23-/m1/s1. The average molecular weight is 520 g/mol. The van der Waals surface area contributed by atoms with Crippen LogP contribution in [0.25, 0.3) is 0 Å². The molecule has 2 aromatic rings. The second kappa shape index (κ2) is 14.0. The molecule has 0 saturated carbocycles. The number of allylic oxidation sites excluding steroid dienone is 2. The van der Waals surface area contributed by atoms with Gasteiger partial charge in [0.25, 0.3) is 0 Å². The molecule has 0 radical (unpaired) electrons. The monoisotopic (exact) mass is 519 g/mol. The number of carbonyl (C=O) groups is 2. The zero-order chi connectivity index (χ0) is 27.7. The summed E-state index contributed by atoms with van der Waals surface area (Å²) in [5.41, 5.74) is 3.38. The molecule has 0 fully saturated rings. The SMILES string of the molecule is CCc1cc(C(=O)c2c(CC(=O)O[C@H](C)CC)oc3c2C#CC/C=C\CC3)cc(C)c1OCCN(C)CC. The van der Waals surface area contributed by atoms with Gasteiger partial charge in [0.2, 0.25) is 0 Å². The van der Waals surface area contributed by atoms with Crippen molar-refractivity contribution < 1.29 is 23.5 Å². The van der Waals surface area contributed by atoms with Crippen molar-refractivity contribution >= 4 is 11.8 Å². The van der Waals surface area contributed by atoms with Gasteiger partial charge in [-0.05, 0) is 70.0 Å². The molecule has 1 aliphatic carbocycles. The number of likely N-dealkylation sites (N-methyl/N-ethyl adjacent to an activating group) is 1. The fourth-order valence-corrected chi connectivity index (χ4v) is 4.35. The van der Waals surface area contributed by atoms with Crippen LogP contribution in [0.3, 0.4) is 0 Å². The van der Waals surface area contributed by atoms with Gasteiger partial charge in [-0.25, -0.2) is 0 Å². The number of furan rings is 1. The number of nitrogens with zero attached hydrogens (tertiary/aromatic N) is 1. The predicted molar refractivity (Wildman–Crippen MR) is 150 cm³/mol. The predicted octanol–water partition coefficient (Wildman–Crippen LogP) is 5.84. The van der Waals surface area contributed by atoms with Crippen molar-refractivity contribution in [1.82, 2.24) is 4.90 Å². The molecule has 1 aromatic carbocycles. The van der Waals surface area contributed by atoms with E-state index in [-0.39, 0.29) is 18.3 Å². The second-order valence-electron chi connectivity index (χ2n) is 9.81. The molecule has 1 heterocycles. The highest BCUT2D eigenvalue weighted by atomic mass is 16.5. The smallest absolute Gasteiger partial charge is 0.313 e. The van der Waals surface area contributed by atoms with E-state index in [2.05, 4.69) is 43.7 Å². The van der Waals surface area contributed by atoms with E-state index in [0.717, 1.165) is 42.8 Å². The van der Waals surface area contributed by atoms with Gasteiger partial charge in [0, 0.05) is 24.9 Å². The third kappa shape index (κ3) is 7.39. The average Bonchev–Trinajstić information content (AvgIpc) is 3.28. The second-order valence-corrected chi connectivity index (χ2v) is 9.81. The molecule has 6 heteroatoms. The van der Waals surface area contributed by atoms with Crippen molar-refractivity contribution in [2.24, 2.45) is 0 Å². The van der Waals surface area contributed by atoms with Crippen LogP contribution < -0.4 is 4.74 Å². The lowest BCUT2D eigenvalue weighted by atomic mass is 9.93. The van der Waals surface area contributed by atoms with Crippen molar-refractivity contribution in [3.05, 3.63) is 63.6 Å². The zero-order valence-electron chi connectivity index (χ0n) is 23.7. The third-order valence-corrected chi connectivity index (χ3v) is 6.89. The van der Waals surface area contributed by atoms with E-state index in [1.54, 1.807) is 0 Å². The van der Waals surface area contributed by atoms with Gasteiger partial charge in [0.1, 0.15) is 30.3 Å². The summed E-state index contributed by atoms with van der Waals surface area (Å²) in [5.74, 6) is 7.49. The zero-order valence-corrected chi connectivity index (χ0v) is 23.7. The van der Waals surface area contributed by atoms with Gasteiger partial charge in [-0.2, -0.15) is 0 Å². The maximum Gasteiger partial charge on any atom is 0.313 e.